The van der Waals surface area contributed by atoms with Crippen LogP contribution < -0.4 is 32.6 Å². The number of ketones is 3. The Bertz CT molecular complexity index is 6030. The molecule has 4 amide bonds. The standard InChI is InChI=1S/C85H103N10O26P3S4/c1-85(2)66-44-57(93(4)5)30-33-61(66)78(65-41-51-13-9-18-68(87-3)64(51)45-67(65)85)59-16-7-8-17-60(59)83(104)94(6)36-11-15-58(96)39-49-20-26-55(27-21-49)89-81(102)63-32-25-53(43-74(63)128(115,116)117)70(98)40-50-22-28-56(29-23-50)90-80(101)62-31-24-52(42-73(62)127(112,113)114)69(97)19-12-37-125-126-38-34-75(100)88-35-10-14-54-47-95(79-77(54)82(103)92-84(86)91-79)76-46-71(99)72(119-76)48-118-123(108,109)121-124(110,111)120-122(105,106)107/h7-8,16-17,24-25,30-33,41-45,47,49-50,55-56,68,71-72,76,87,99H,9,11-13,15,18-23,26-29,34-40,46,48H2,1-6H3,(H11-,86,88,89,90,91,92,100,101,102,103,105,106,107,108,109,110,111,112,113,114,115,116,117)/p+1/t49?,50?,55?,56?,68?,71?,72-,76-/m1/s1. The molecule has 12 rings (SSSR count). The minimum atomic E-state index is -5.83. The van der Waals surface area contributed by atoms with Gasteiger partial charge in [0.25, 0.3) is 43.5 Å². The van der Waals surface area contributed by atoms with Crippen LogP contribution in [-0.2, 0) is 73.2 Å². The number of ether oxygens (including phenoxy) is 1. The zero-order chi connectivity index (χ0) is 92.7. The Morgan fingerprint density at radius 3 is 2.01 bits per heavy atom. The van der Waals surface area contributed by atoms with Crippen LogP contribution in [0.5, 0.6) is 0 Å². The van der Waals surface area contributed by atoms with E-state index in [1.54, 1.807) is 11.9 Å². The van der Waals surface area contributed by atoms with E-state index in [1.165, 1.54) is 72.8 Å². The maximum atomic E-state index is 14.7. The molecule has 0 bridgehead atoms. The van der Waals surface area contributed by atoms with Crippen LogP contribution in [0.15, 0.2) is 123 Å². The molecule has 128 heavy (non-hydrogen) atoms. The maximum absolute atomic E-state index is 14.7. The van der Waals surface area contributed by atoms with Crippen LogP contribution in [0.4, 0.5) is 5.95 Å². The number of fused-ring (bicyclic) bond motifs is 4. The number of nitrogen functional groups attached to an aromatic ring is 1. The smallest absolute Gasteiger partial charge is 0.390 e. The van der Waals surface area contributed by atoms with Crippen molar-refractivity contribution in [3.8, 4) is 11.8 Å². The van der Waals surface area contributed by atoms with Crippen LogP contribution in [0.1, 0.15) is 227 Å². The Balaban J connectivity index is 0.544. The second kappa shape index (κ2) is 41.4. The molecule has 2 aromatic heterocycles. The Morgan fingerprint density at radius 2 is 1.38 bits per heavy atom. The van der Waals surface area contributed by atoms with Crippen molar-refractivity contribution in [1.82, 2.24) is 40.7 Å². The number of aryl methyl sites for hydroxylation is 1. The van der Waals surface area contributed by atoms with Gasteiger partial charge in [0.05, 0.1) is 41.3 Å². The Labute approximate surface area is 747 Å². The van der Waals surface area contributed by atoms with E-state index in [0.717, 1.165) is 65.4 Å². The fourth-order valence-electron chi connectivity index (χ4n) is 17.3. The van der Waals surface area contributed by atoms with E-state index in [9.17, 15) is 92.9 Å². The highest BCUT2D eigenvalue weighted by molar-refractivity contribution is 8.76. The number of aromatic nitrogens is 3. The number of benzene rings is 4. The average molecular weight is 1900 g/mol. The number of amides is 4. The van der Waals surface area contributed by atoms with Gasteiger partial charge in [-0.05, 0) is 183 Å². The van der Waals surface area contributed by atoms with Gasteiger partial charge in [-0.3, -0.25) is 57.0 Å². The number of nitrogens with two attached hydrogens (primary N) is 1. The number of phosphoric acid groups is 3. The number of carbonyl (C=O) groups excluding carboxylic acids is 7. The molecule has 5 aliphatic carbocycles. The van der Waals surface area contributed by atoms with Gasteiger partial charge >= 0.3 is 23.5 Å². The Morgan fingerprint density at radius 1 is 0.758 bits per heavy atom. The summed E-state index contributed by atoms with van der Waals surface area (Å²) >= 11 is 0. The molecule has 6 aromatic rings. The number of nitrogens with zero attached hydrogens (tertiary/aromatic N) is 4. The quantitative estimate of drug-likeness (QED) is 0.00331. The third-order valence-electron chi connectivity index (χ3n) is 23.8. The van der Waals surface area contributed by atoms with Crippen molar-refractivity contribution < 1.29 is 120 Å². The third-order valence-corrected chi connectivity index (χ3v) is 31.9. The van der Waals surface area contributed by atoms with Gasteiger partial charge in [0.15, 0.2) is 22.9 Å². The lowest BCUT2D eigenvalue weighted by molar-refractivity contribution is -0.462. The number of allylic oxidation sites excluding steroid dienone is 5. The summed E-state index contributed by atoms with van der Waals surface area (Å²) in [5.41, 5.74) is 14.7. The van der Waals surface area contributed by atoms with Crippen molar-refractivity contribution in [3.63, 3.8) is 0 Å². The van der Waals surface area contributed by atoms with Crippen molar-refractivity contribution in [2.24, 2.45) is 11.8 Å². The maximum Gasteiger partial charge on any atom is 0.490 e. The largest absolute Gasteiger partial charge is 0.490 e. The van der Waals surface area contributed by atoms with Gasteiger partial charge in [0.2, 0.25) is 11.9 Å². The van der Waals surface area contributed by atoms with E-state index in [1.807, 2.05) is 45.4 Å². The molecule has 36 nitrogen and oxygen atoms in total. The van der Waals surface area contributed by atoms with E-state index in [-0.39, 0.29) is 125 Å². The number of aromatic amines is 1. The van der Waals surface area contributed by atoms with Gasteiger partial charge in [0, 0.05) is 122 Å². The first-order valence-corrected chi connectivity index (χ1v) is 51.6. The van der Waals surface area contributed by atoms with Gasteiger partial charge in [-0.2, -0.15) is 30.4 Å². The van der Waals surface area contributed by atoms with E-state index < -0.39 is 119 Å². The second-order valence-corrected chi connectivity index (χ2v) is 43.3. The lowest BCUT2D eigenvalue weighted by Gasteiger charge is -2.41. The zero-order valence-electron chi connectivity index (χ0n) is 71.1. The SMILES string of the molecule is CNC1CCCc2cc3c(cc21)C(C)(C)C1=CC(=[N+](C)C)C=CC1=C3c1ccccc1C(=O)N(C)CCCC(=O)CC1CCC(NC(=O)c2ccc(C(=O)CC3CCC(NC(=O)c4ccc(C(=O)CCCSSCCC(=O)NCC#Cc5cn([C@H]6CC(O)[C@@H](COP(=O)(O)OP(=O)(O)OP(=O)(O)O)O6)c6nc(N)[nH]c(=O)c56)cc4S(=O)(=O)O)CC3)cc2S(=O)(=O)O)CC1. The summed E-state index contributed by atoms with van der Waals surface area (Å²) in [5.74, 6) is 2.78. The van der Waals surface area contributed by atoms with Gasteiger partial charge in [-0.1, -0.05) is 89.7 Å². The molecule has 1 aliphatic heterocycles. The summed E-state index contributed by atoms with van der Waals surface area (Å²) in [7, 11) is -16.5. The van der Waals surface area contributed by atoms with Gasteiger partial charge in [-0.15, -0.1) is 0 Å². The summed E-state index contributed by atoms with van der Waals surface area (Å²) in [5, 5.41) is 22.5. The second-order valence-electron chi connectivity index (χ2n) is 33.4. The van der Waals surface area contributed by atoms with Crippen LogP contribution in [0, 0.1) is 23.7 Å². The van der Waals surface area contributed by atoms with Gasteiger partial charge in [-0.25, -0.2) is 18.3 Å². The summed E-state index contributed by atoms with van der Waals surface area (Å²) in [6, 6.07) is 18.8. The third kappa shape index (κ3) is 24.5. The number of rotatable bonds is 36. The number of phosphoric ester groups is 1. The minimum absolute atomic E-state index is 0.0442. The van der Waals surface area contributed by atoms with Gasteiger partial charge < -0.3 is 65.9 Å². The number of hydrogen-bond acceptors (Lipinski definition) is 25. The number of Topliss-reactive ketones (excluding diaryl/α,β-unsaturated/α-hetero) is 3. The van der Waals surface area contributed by atoms with E-state index in [0.29, 0.717) is 94.2 Å². The normalized spacial score (nSPS) is 21.3. The fraction of sp³-hybridized carbons (Fsp3) is 0.459. The van der Waals surface area contributed by atoms with Crippen molar-refractivity contribution in [3.05, 3.63) is 180 Å². The van der Waals surface area contributed by atoms with Crippen molar-refractivity contribution in [2.75, 3.05) is 65.1 Å². The molecule has 4 aromatic carbocycles. The Kier molecular flexibility index (Phi) is 31.8. The predicted molar refractivity (Wildman–Crippen MR) is 477 cm³/mol. The monoisotopic (exact) mass is 1900 g/mol. The number of aliphatic hydroxyl groups is 1. The molecule has 3 fully saturated rings. The van der Waals surface area contributed by atoms with E-state index in [4.69, 9.17) is 20.3 Å². The Hall–Kier alpha value is -8.75. The van der Waals surface area contributed by atoms with E-state index >= 15 is 0 Å². The summed E-state index contributed by atoms with van der Waals surface area (Å²) in [6.07, 6.45) is 11.9. The predicted octanol–water partition coefficient (Wildman–Crippen LogP) is 9.96. The number of carbonyl (C=O) groups is 7. The van der Waals surface area contributed by atoms with Gasteiger partial charge in [0.1, 0.15) is 42.0 Å². The average Bonchev–Trinajstić information content (AvgIpc) is 0.813. The number of nitrogens with one attached hydrogen (secondary N) is 5. The molecule has 2 saturated carbocycles. The molecule has 43 heteroatoms. The lowest BCUT2D eigenvalue weighted by Crippen LogP contribution is -2.38. The molecule has 0 spiro atoms. The van der Waals surface area contributed by atoms with Crippen LogP contribution >= 0.6 is 45.1 Å². The lowest BCUT2D eigenvalue weighted by atomic mass is 9.63. The topological polar surface area (TPSA) is 549 Å². The van der Waals surface area contributed by atoms with Crippen LogP contribution in [-0.4, -0.2) is 205 Å². The molecule has 14 N–H and O–H groups in total. The fourth-order valence-corrected chi connectivity index (χ4v) is 23.8. The number of hydrogen-bond donors (Lipinski definition) is 13. The minimum Gasteiger partial charge on any atom is -0.390 e. The molecule has 1 saturated heterocycles. The number of H-pyrrole nitrogens is 1. The molecule has 3 heterocycles. The highest BCUT2D eigenvalue weighted by Crippen LogP contribution is 2.66. The first-order valence-electron chi connectivity index (χ1n) is 41.7. The number of anilines is 1. The first-order chi connectivity index (χ1) is 60.3. The summed E-state index contributed by atoms with van der Waals surface area (Å²) < 4.78 is 128. The summed E-state index contributed by atoms with van der Waals surface area (Å²) in [4.78, 5) is 152. The molecular weight excluding hydrogens is 1800 g/mol. The van der Waals surface area contributed by atoms with Crippen LogP contribution in [0.2, 0.25) is 0 Å². The van der Waals surface area contributed by atoms with Crippen molar-refractivity contribution >= 4 is 135 Å². The van der Waals surface area contributed by atoms with E-state index in [2.05, 4.69) is 105 Å². The van der Waals surface area contributed by atoms with Crippen molar-refractivity contribution in [2.45, 2.75) is 188 Å². The number of aliphatic hydroxyl groups excluding tert-OH is 1. The molecule has 6 aliphatic rings. The first kappa shape index (κ1) is 98.3. The van der Waals surface area contributed by atoms with Crippen LogP contribution in [0.3, 0.4) is 0 Å². The molecule has 6 atom stereocenters. The highest BCUT2D eigenvalue weighted by atomic mass is 33.1. The van der Waals surface area contributed by atoms with Crippen molar-refractivity contribution in [1.29, 1.82) is 0 Å². The molecular formula is C85H104N10O26P3S4+. The molecule has 688 valence electrons. The van der Waals surface area contributed by atoms with Crippen LogP contribution in [0.25, 0.3) is 16.6 Å². The summed E-state index contributed by atoms with van der Waals surface area (Å²) in [6.45, 7) is 3.79. The molecule has 4 unspecified atom stereocenters. The highest BCUT2D eigenvalue weighted by Gasteiger charge is 2.45. The zero-order valence-corrected chi connectivity index (χ0v) is 77.0. The molecule has 0 radical (unpaired) electrons.